The van der Waals surface area contributed by atoms with E-state index in [-0.39, 0.29) is 0 Å². The van der Waals surface area contributed by atoms with E-state index in [1.54, 1.807) is 0 Å². The van der Waals surface area contributed by atoms with E-state index in [1.807, 2.05) is 6.07 Å². The maximum Gasteiger partial charge on any atom is -0.0152 e. The zero-order chi connectivity index (χ0) is 10.7. The van der Waals surface area contributed by atoms with E-state index in [2.05, 4.69) is 56.3 Å². The van der Waals surface area contributed by atoms with E-state index < -0.39 is 0 Å². The molecule has 0 saturated heterocycles. The highest BCUT2D eigenvalue weighted by Gasteiger charge is 1.97. The molecule has 2 aromatic carbocycles. The van der Waals surface area contributed by atoms with Crippen LogP contribution in [0.5, 0.6) is 0 Å². The van der Waals surface area contributed by atoms with Crippen molar-refractivity contribution in [2.45, 2.75) is 20.3 Å². The third-order valence-corrected chi connectivity index (χ3v) is 2.64. The summed E-state index contributed by atoms with van der Waals surface area (Å²) in [6.07, 6.45) is 1.10. The summed E-state index contributed by atoms with van der Waals surface area (Å²) in [5.41, 5.74) is 5.13. The Morgan fingerprint density at radius 2 is 1.73 bits per heavy atom. The third-order valence-electron chi connectivity index (χ3n) is 2.64. The molecule has 1 radical (unpaired) electrons. The van der Waals surface area contributed by atoms with Crippen molar-refractivity contribution >= 4 is 0 Å². The minimum atomic E-state index is 1.10. The second-order valence-electron chi connectivity index (χ2n) is 3.81. The van der Waals surface area contributed by atoms with Crippen LogP contribution in [0.15, 0.2) is 42.5 Å². The number of hydrogen-bond acceptors (Lipinski definition) is 0. The van der Waals surface area contributed by atoms with Crippen LogP contribution in [0, 0.1) is 13.0 Å². The fourth-order valence-electron chi connectivity index (χ4n) is 1.70. The fraction of sp³-hybridized carbons (Fsp3) is 0.200. The highest BCUT2D eigenvalue weighted by atomic mass is 14.0. The minimum Gasteiger partial charge on any atom is -0.0613 e. The van der Waals surface area contributed by atoms with E-state index >= 15 is 0 Å². The van der Waals surface area contributed by atoms with Gasteiger partial charge in [-0.15, -0.1) is 0 Å². The monoisotopic (exact) mass is 195 g/mol. The zero-order valence-corrected chi connectivity index (χ0v) is 9.25. The van der Waals surface area contributed by atoms with Crippen LogP contribution in [-0.4, -0.2) is 0 Å². The summed E-state index contributed by atoms with van der Waals surface area (Å²) in [6, 6.07) is 18.2. The van der Waals surface area contributed by atoms with Gasteiger partial charge in [-0.3, -0.25) is 0 Å². The van der Waals surface area contributed by atoms with Crippen molar-refractivity contribution in [1.82, 2.24) is 0 Å². The van der Waals surface area contributed by atoms with Gasteiger partial charge in [-0.05, 0) is 41.7 Å². The van der Waals surface area contributed by atoms with Crippen molar-refractivity contribution in [2.24, 2.45) is 0 Å². The number of benzene rings is 2. The van der Waals surface area contributed by atoms with E-state index in [4.69, 9.17) is 0 Å². The van der Waals surface area contributed by atoms with E-state index in [0.717, 1.165) is 6.42 Å². The third kappa shape index (κ3) is 2.27. The second-order valence-corrected chi connectivity index (χ2v) is 3.81. The summed E-state index contributed by atoms with van der Waals surface area (Å²) in [7, 11) is 0. The summed E-state index contributed by atoms with van der Waals surface area (Å²) in [6.45, 7) is 4.25. The van der Waals surface area contributed by atoms with Gasteiger partial charge >= 0.3 is 0 Å². The van der Waals surface area contributed by atoms with Crippen molar-refractivity contribution in [3.05, 3.63) is 59.7 Å². The Balaban J connectivity index is 2.37. The van der Waals surface area contributed by atoms with Crippen LogP contribution in [0.25, 0.3) is 11.1 Å². The minimum absolute atomic E-state index is 1.10. The Labute approximate surface area is 91.6 Å². The van der Waals surface area contributed by atoms with E-state index in [1.165, 1.54) is 22.3 Å². The highest BCUT2D eigenvalue weighted by molar-refractivity contribution is 5.64. The van der Waals surface area contributed by atoms with Gasteiger partial charge in [0.1, 0.15) is 0 Å². The van der Waals surface area contributed by atoms with Crippen molar-refractivity contribution in [3.63, 3.8) is 0 Å². The molecular weight excluding hydrogens is 180 g/mol. The van der Waals surface area contributed by atoms with Gasteiger partial charge in [-0.2, -0.15) is 0 Å². The van der Waals surface area contributed by atoms with Crippen molar-refractivity contribution in [1.29, 1.82) is 0 Å². The van der Waals surface area contributed by atoms with Crippen LogP contribution in [0.3, 0.4) is 0 Å². The Hall–Kier alpha value is -1.56. The van der Waals surface area contributed by atoms with Gasteiger partial charge in [0.15, 0.2) is 0 Å². The van der Waals surface area contributed by atoms with Gasteiger partial charge < -0.3 is 0 Å². The molecule has 0 aliphatic rings. The first-order chi connectivity index (χ1) is 7.29. The molecule has 2 rings (SSSR count). The lowest BCUT2D eigenvalue weighted by atomic mass is 10.0. The van der Waals surface area contributed by atoms with Crippen LogP contribution in [0.1, 0.15) is 18.1 Å². The lowest BCUT2D eigenvalue weighted by Gasteiger charge is -2.03. The van der Waals surface area contributed by atoms with Gasteiger partial charge in [0.25, 0.3) is 0 Å². The van der Waals surface area contributed by atoms with Gasteiger partial charge in [0, 0.05) is 0 Å². The molecular formula is C15H15. The molecule has 75 valence electrons. The predicted octanol–water partition coefficient (Wildman–Crippen LogP) is 4.02. The van der Waals surface area contributed by atoms with Gasteiger partial charge in [0.2, 0.25) is 0 Å². The molecule has 2 aromatic rings. The molecule has 0 fully saturated rings. The molecule has 0 aliphatic heterocycles. The van der Waals surface area contributed by atoms with Crippen LogP contribution in [0.2, 0.25) is 0 Å². The van der Waals surface area contributed by atoms with E-state index in [9.17, 15) is 0 Å². The highest BCUT2D eigenvalue weighted by Crippen LogP contribution is 2.20. The van der Waals surface area contributed by atoms with Crippen molar-refractivity contribution in [3.8, 4) is 11.1 Å². The molecule has 15 heavy (non-hydrogen) atoms. The number of hydrogen-bond donors (Lipinski definition) is 0. The van der Waals surface area contributed by atoms with Crippen molar-refractivity contribution in [2.75, 3.05) is 0 Å². The van der Waals surface area contributed by atoms with Gasteiger partial charge in [0.05, 0.1) is 0 Å². The van der Waals surface area contributed by atoms with Crippen LogP contribution >= 0.6 is 0 Å². The molecule has 0 amide bonds. The fourth-order valence-corrected chi connectivity index (χ4v) is 1.70. The predicted molar refractivity (Wildman–Crippen MR) is 64.8 cm³/mol. The second kappa shape index (κ2) is 4.31. The summed E-state index contributed by atoms with van der Waals surface area (Å²) in [5.74, 6) is 0. The zero-order valence-electron chi connectivity index (χ0n) is 9.25. The van der Waals surface area contributed by atoms with E-state index in [0.29, 0.717) is 0 Å². The first kappa shape index (κ1) is 9.97. The summed E-state index contributed by atoms with van der Waals surface area (Å²) in [5, 5.41) is 0. The average Bonchev–Trinajstić information content (AvgIpc) is 2.29. The van der Waals surface area contributed by atoms with Crippen LogP contribution in [0.4, 0.5) is 0 Å². The summed E-state index contributed by atoms with van der Waals surface area (Å²) < 4.78 is 0. The summed E-state index contributed by atoms with van der Waals surface area (Å²) >= 11 is 0. The van der Waals surface area contributed by atoms with Gasteiger partial charge in [-0.1, -0.05) is 49.4 Å². The Morgan fingerprint density at radius 1 is 1.00 bits per heavy atom. The molecule has 0 saturated carbocycles. The molecule has 0 atom stereocenters. The SMILES string of the molecule is CCc1ccc(-c2cc[c]c(C)c2)cc1. The molecule has 0 N–H and O–H groups in total. The van der Waals surface area contributed by atoms with Gasteiger partial charge in [-0.25, -0.2) is 0 Å². The summed E-state index contributed by atoms with van der Waals surface area (Å²) in [4.78, 5) is 0. The average molecular weight is 195 g/mol. The molecule has 0 unspecified atom stereocenters. The first-order valence-corrected chi connectivity index (χ1v) is 5.37. The van der Waals surface area contributed by atoms with Crippen molar-refractivity contribution < 1.29 is 0 Å². The topological polar surface area (TPSA) is 0 Å². The molecule has 0 spiro atoms. The standard InChI is InChI=1S/C15H15/c1-3-13-7-9-14(10-8-13)15-6-4-5-12(2)11-15/h4,6-11H,3H2,1-2H3. The first-order valence-electron chi connectivity index (χ1n) is 5.37. The normalized spacial score (nSPS) is 10.3. The molecule has 0 aliphatic carbocycles. The van der Waals surface area contributed by atoms with Crippen LogP contribution < -0.4 is 0 Å². The maximum absolute atomic E-state index is 3.16. The number of aryl methyl sites for hydroxylation is 2. The smallest absolute Gasteiger partial charge is 0.0152 e. The Kier molecular flexibility index (Phi) is 2.86. The Bertz CT molecular complexity index is 438. The lowest BCUT2D eigenvalue weighted by molar-refractivity contribution is 1.14. The molecule has 0 nitrogen and oxygen atoms in total. The van der Waals surface area contributed by atoms with Crippen LogP contribution in [-0.2, 0) is 6.42 Å². The number of rotatable bonds is 2. The lowest BCUT2D eigenvalue weighted by Crippen LogP contribution is -1.82. The molecule has 0 heteroatoms. The maximum atomic E-state index is 3.16. The Morgan fingerprint density at radius 3 is 2.33 bits per heavy atom. The quantitative estimate of drug-likeness (QED) is 0.678. The molecule has 0 bridgehead atoms. The molecule has 0 heterocycles. The largest absolute Gasteiger partial charge is 0.0613 e. The molecule has 0 aromatic heterocycles.